The van der Waals surface area contributed by atoms with Crippen molar-refractivity contribution in [1.82, 2.24) is 9.97 Å². The van der Waals surface area contributed by atoms with E-state index in [0.29, 0.717) is 22.3 Å². The number of carbonyl (C=O) groups is 1. The Morgan fingerprint density at radius 1 is 1.28 bits per heavy atom. The Bertz CT molecular complexity index is 945. The van der Waals surface area contributed by atoms with Gasteiger partial charge in [-0.2, -0.15) is 0 Å². The Morgan fingerprint density at radius 2 is 2.00 bits per heavy atom. The molecule has 0 saturated carbocycles. The molecule has 3 rings (SSSR count). The number of esters is 1. The van der Waals surface area contributed by atoms with Gasteiger partial charge in [0.2, 0.25) is 0 Å². The van der Waals surface area contributed by atoms with Crippen LogP contribution in [0.5, 0.6) is 5.75 Å². The fourth-order valence-corrected chi connectivity index (χ4v) is 3.07. The van der Waals surface area contributed by atoms with Crippen LogP contribution in [0.2, 0.25) is 0 Å². The van der Waals surface area contributed by atoms with Crippen molar-refractivity contribution in [3.63, 3.8) is 0 Å². The zero-order valence-electron chi connectivity index (χ0n) is 13.6. The maximum Gasteiger partial charge on any atom is 0.360 e. The lowest BCUT2D eigenvalue weighted by Gasteiger charge is -2.10. The van der Waals surface area contributed by atoms with Crippen LogP contribution in [0.25, 0.3) is 10.9 Å². The Labute approximate surface area is 147 Å². The molecule has 1 aromatic carbocycles. The summed E-state index contributed by atoms with van der Waals surface area (Å²) in [7, 11) is 1.23. The first-order valence-electron chi connectivity index (χ1n) is 7.41. The molecule has 25 heavy (non-hydrogen) atoms. The molecule has 0 spiro atoms. The van der Waals surface area contributed by atoms with Gasteiger partial charge in [-0.15, -0.1) is 11.8 Å². The second-order valence-electron chi connectivity index (χ2n) is 5.35. The van der Waals surface area contributed by atoms with E-state index < -0.39 is 5.97 Å². The van der Waals surface area contributed by atoms with E-state index in [2.05, 4.69) is 14.7 Å². The van der Waals surface area contributed by atoms with Crippen LogP contribution in [0.4, 0.5) is 4.39 Å². The van der Waals surface area contributed by atoms with Crippen molar-refractivity contribution < 1.29 is 19.0 Å². The number of methoxy groups -OCH3 is 1. The average molecular weight is 358 g/mol. The smallest absolute Gasteiger partial charge is 0.360 e. The molecular weight excluding hydrogens is 343 g/mol. The summed E-state index contributed by atoms with van der Waals surface area (Å²) in [5.74, 6) is -1.30. The van der Waals surface area contributed by atoms with Crippen LogP contribution in [0.3, 0.4) is 0 Å². The van der Waals surface area contributed by atoms with Crippen molar-refractivity contribution >= 4 is 28.6 Å². The Balaban J connectivity index is 2.07. The van der Waals surface area contributed by atoms with Crippen molar-refractivity contribution in [2.45, 2.75) is 11.4 Å². The number of halogens is 1. The summed E-state index contributed by atoms with van der Waals surface area (Å²) in [5, 5.41) is 11.5. The SMILES string of the molecule is COC(=O)c1nc(SC)c2cc(Cc3ccc(F)cc3)cnc2c1O. The third-order valence-corrected chi connectivity index (χ3v) is 4.43. The molecule has 0 amide bonds. The number of benzene rings is 1. The zero-order chi connectivity index (χ0) is 18.0. The van der Waals surface area contributed by atoms with Crippen LogP contribution >= 0.6 is 11.8 Å². The van der Waals surface area contributed by atoms with E-state index in [0.717, 1.165) is 11.1 Å². The number of carbonyl (C=O) groups excluding carboxylic acids is 1. The third-order valence-electron chi connectivity index (χ3n) is 3.73. The molecule has 0 unspecified atom stereocenters. The molecule has 0 radical (unpaired) electrons. The van der Waals surface area contributed by atoms with Gasteiger partial charge in [0.15, 0.2) is 11.4 Å². The van der Waals surface area contributed by atoms with Crippen molar-refractivity contribution in [3.8, 4) is 5.75 Å². The van der Waals surface area contributed by atoms with E-state index in [9.17, 15) is 14.3 Å². The molecular formula is C18H15FN2O3S. The predicted molar refractivity (Wildman–Crippen MR) is 93.5 cm³/mol. The van der Waals surface area contributed by atoms with Gasteiger partial charge in [-0.3, -0.25) is 4.98 Å². The first kappa shape index (κ1) is 17.2. The summed E-state index contributed by atoms with van der Waals surface area (Å²) < 4.78 is 17.7. The van der Waals surface area contributed by atoms with Gasteiger partial charge in [0, 0.05) is 11.6 Å². The number of ether oxygens (including phenoxy) is 1. The topological polar surface area (TPSA) is 72.3 Å². The van der Waals surface area contributed by atoms with Crippen LogP contribution in [-0.2, 0) is 11.2 Å². The maximum absolute atomic E-state index is 13.0. The number of hydrogen-bond acceptors (Lipinski definition) is 6. The Hall–Kier alpha value is -2.67. The fraction of sp³-hybridized carbons (Fsp3) is 0.167. The van der Waals surface area contributed by atoms with Crippen LogP contribution in [-0.4, -0.2) is 34.4 Å². The van der Waals surface area contributed by atoms with Gasteiger partial charge >= 0.3 is 5.97 Å². The van der Waals surface area contributed by atoms with Gasteiger partial charge in [-0.25, -0.2) is 14.2 Å². The molecule has 0 atom stereocenters. The van der Waals surface area contributed by atoms with Gasteiger partial charge in [0.1, 0.15) is 16.4 Å². The lowest BCUT2D eigenvalue weighted by Crippen LogP contribution is -2.06. The van der Waals surface area contributed by atoms with Gasteiger partial charge in [-0.05, 0) is 42.0 Å². The van der Waals surface area contributed by atoms with Gasteiger partial charge < -0.3 is 9.84 Å². The van der Waals surface area contributed by atoms with Crippen molar-refractivity contribution in [3.05, 3.63) is 59.2 Å². The van der Waals surface area contributed by atoms with E-state index in [1.54, 1.807) is 18.3 Å². The van der Waals surface area contributed by atoms with Crippen molar-refractivity contribution in [2.75, 3.05) is 13.4 Å². The highest BCUT2D eigenvalue weighted by molar-refractivity contribution is 7.98. The first-order valence-corrected chi connectivity index (χ1v) is 8.64. The molecule has 0 fully saturated rings. The third kappa shape index (κ3) is 3.41. The molecule has 0 saturated heterocycles. The molecule has 0 aliphatic heterocycles. The standard InChI is InChI=1S/C18H15FN2O3S/c1-24-18(23)15-16(22)14-13(17(21-15)25-2)8-11(9-20-14)7-10-3-5-12(19)6-4-10/h3-6,8-9,22H,7H2,1-2H3. The fourth-order valence-electron chi connectivity index (χ4n) is 2.52. The number of aromatic nitrogens is 2. The minimum Gasteiger partial charge on any atom is -0.504 e. The number of hydrogen-bond donors (Lipinski definition) is 1. The monoisotopic (exact) mass is 358 g/mol. The first-order chi connectivity index (χ1) is 12.0. The van der Waals surface area contributed by atoms with Crippen LogP contribution in [0.15, 0.2) is 41.6 Å². The minimum absolute atomic E-state index is 0.155. The van der Waals surface area contributed by atoms with E-state index in [1.807, 2.05) is 12.3 Å². The molecule has 2 heterocycles. The highest BCUT2D eigenvalue weighted by atomic mass is 32.2. The molecule has 5 nitrogen and oxygen atoms in total. The summed E-state index contributed by atoms with van der Waals surface area (Å²) in [5.41, 5.74) is 1.97. The number of thioether (sulfide) groups is 1. The summed E-state index contributed by atoms with van der Waals surface area (Å²) >= 11 is 1.35. The van der Waals surface area contributed by atoms with Crippen LogP contribution in [0.1, 0.15) is 21.6 Å². The number of nitrogens with zero attached hydrogens (tertiary/aromatic N) is 2. The largest absolute Gasteiger partial charge is 0.504 e. The normalized spacial score (nSPS) is 10.8. The van der Waals surface area contributed by atoms with Gasteiger partial charge in [0.05, 0.1) is 7.11 Å². The Kier molecular flexibility index (Phi) is 4.85. The molecule has 1 N–H and O–H groups in total. The number of fused-ring (bicyclic) bond motifs is 1. The van der Waals surface area contributed by atoms with Crippen molar-refractivity contribution in [1.29, 1.82) is 0 Å². The average Bonchev–Trinajstić information content (AvgIpc) is 2.63. The summed E-state index contributed by atoms with van der Waals surface area (Å²) in [6.07, 6.45) is 4.01. The summed E-state index contributed by atoms with van der Waals surface area (Å²) in [6, 6.07) is 8.11. The second-order valence-corrected chi connectivity index (χ2v) is 6.15. The highest BCUT2D eigenvalue weighted by Crippen LogP contribution is 2.33. The maximum atomic E-state index is 13.0. The number of aromatic hydroxyl groups is 1. The quantitative estimate of drug-likeness (QED) is 0.568. The van der Waals surface area contributed by atoms with Gasteiger partial charge in [0.25, 0.3) is 0 Å². The van der Waals surface area contributed by atoms with Crippen LogP contribution < -0.4 is 0 Å². The lowest BCUT2D eigenvalue weighted by atomic mass is 10.0. The summed E-state index contributed by atoms with van der Waals surface area (Å²) in [6.45, 7) is 0. The summed E-state index contributed by atoms with van der Waals surface area (Å²) in [4.78, 5) is 20.3. The van der Waals surface area contributed by atoms with E-state index in [-0.39, 0.29) is 17.3 Å². The van der Waals surface area contributed by atoms with Crippen molar-refractivity contribution in [2.24, 2.45) is 0 Å². The van der Waals surface area contributed by atoms with E-state index in [4.69, 9.17) is 0 Å². The predicted octanol–water partition coefficient (Wildman–Crippen LogP) is 3.57. The Morgan fingerprint density at radius 3 is 2.64 bits per heavy atom. The molecule has 0 aliphatic rings. The molecule has 2 aromatic heterocycles. The number of pyridine rings is 2. The van der Waals surface area contributed by atoms with Gasteiger partial charge in [-0.1, -0.05) is 12.1 Å². The molecule has 7 heteroatoms. The number of rotatable bonds is 4. The molecule has 128 valence electrons. The van der Waals surface area contributed by atoms with E-state index in [1.165, 1.54) is 31.0 Å². The highest BCUT2D eigenvalue weighted by Gasteiger charge is 2.20. The van der Waals surface area contributed by atoms with E-state index >= 15 is 0 Å². The molecule has 0 aliphatic carbocycles. The molecule has 0 bridgehead atoms. The lowest BCUT2D eigenvalue weighted by molar-refractivity contribution is 0.0590. The van der Waals surface area contributed by atoms with Crippen LogP contribution in [0, 0.1) is 5.82 Å². The molecule has 3 aromatic rings. The minimum atomic E-state index is -0.716. The zero-order valence-corrected chi connectivity index (χ0v) is 14.4. The second kappa shape index (κ2) is 7.06.